The van der Waals surface area contributed by atoms with Crippen molar-refractivity contribution in [2.45, 2.75) is 12.8 Å². The minimum Gasteiger partial charge on any atom is -0.497 e. The van der Waals surface area contributed by atoms with Crippen LogP contribution in [0.3, 0.4) is 0 Å². The van der Waals surface area contributed by atoms with Crippen molar-refractivity contribution in [2.24, 2.45) is 0 Å². The summed E-state index contributed by atoms with van der Waals surface area (Å²) in [6, 6.07) is 23.4. The van der Waals surface area contributed by atoms with Gasteiger partial charge in [0.05, 0.1) is 48.2 Å². The first-order chi connectivity index (χ1) is 19.4. The molecular weight excluding hydrogens is 548 g/mol. The SMILES string of the molecule is COc1ccc(NC(=O)CSC2=C(C#N)C(c3ccccc3Cl)C(C(=O)Nc3ccccc3OC)=C(C)N2)cc1. The monoisotopic (exact) mass is 574 g/mol. The third-order valence-corrected chi connectivity index (χ3v) is 7.55. The number of anilines is 2. The molecule has 0 bridgehead atoms. The highest BCUT2D eigenvalue weighted by molar-refractivity contribution is 8.03. The predicted octanol–water partition coefficient (Wildman–Crippen LogP) is 6.06. The smallest absolute Gasteiger partial charge is 0.254 e. The van der Waals surface area contributed by atoms with Crippen LogP contribution in [0.5, 0.6) is 11.5 Å². The highest BCUT2D eigenvalue weighted by Gasteiger charge is 2.36. The molecule has 8 nitrogen and oxygen atoms in total. The lowest BCUT2D eigenvalue weighted by molar-refractivity contribution is -0.114. The summed E-state index contributed by atoms with van der Waals surface area (Å²) in [4.78, 5) is 26.4. The largest absolute Gasteiger partial charge is 0.497 e. The molecule has 1 atom stereocenters. The van der Waals surface area contributed by atoms with E-state index >= 15 is 0 Å². The van der Waals surface area contributed by atoms with E-state index in [-0.39, 0.29) is 17.2 Å². The summed E-state index contributed by atoms with van der Waals surface area (Å²) in [7, 11) is 3.09. The van der Waals surface area contributed by atoms with Crippen LogP contribution in [0.4, 0.5) is 11.4 Å². The maximum atomic E-state index is 13.7. The second kappa shape index (κ2) is 13.1. The van der Waals surface area contributed by atoms with Gasteiger partial charge in [-0.05, 0) is 55.0 Å². The van der Waals surface area contributed by atoms with E-state index in [9.17, 15) is 14.9 Å². The third-order valence-electron chi connectivity index (χ3n) is 6.18. The minimum absolute atomic E-state index is 0.0325. The minimum atomic E-state index is -0.762. The van der Waals surface area contributed by atoms with E-state index in [0.717, 1.165) is 0 Å². The Labute approximate surface area is 242 Å². The number of carbonyl (C=O) groups excluding carboxylic acids is 2. The summed E-state index contributed by atoms with van der Waals surface area (Å²) in [5.41, 5.74) is 2.87. The van der Waals surface area contributed by atoms with Gasteiger partial charge in [-0.3, -0.25) is 9.59 Å². The molecule has 0 saturated heterocycles. The first kappa shape index (κ1) is 28.6. The predicted molar refractivity (Wildman–Crippen MR) is 158 cm³/mol. The standard InChI is InChI=1S/C30H27ClN4O4S/c1-18-27(29(37)35-24-10-6-7-11-25(24)39-3)28(21-8-4-5-9-23(21)31)22(16-32)30(33-18)40-17-26(36)34-19-12-14-20(38-2)15-13-19/h4-15,28,33H,17H2,1-3H3,(H,34,36)(H,35,37). The Bertz CT molecular complexity index is 1530. The molecule has 10 heteroatoms. The number of nitrogens with zero attached hydrogens (tertiary/aromatic N) is 1. The molecule has 3 aromatic rings. The number of nitriles is 1. The third kappa shape index (κ3) is 6.42. The number of methoxy groups -OCH3 is 2. The number of carbonyl (C=O) groups is 2. The fourth-order valence-electron chi connectivity index (χ4n) is 4.29. The molecule has 0 aliphatic carbocycles. The van der Waals surface area contributed by atoms with E-state index in [1.807, 2.05) is 0 Å². The van der Waals surface area contributed by atoms with Crippen LogP contribution in [0, 0.1) is 11.3 Å². The molecule has 0 fully saturated rings. The van der Waals surface area contributed by atoms with Crippen LogP contribution in [0.15, 0.2) is 94.7 Å². The van der Waals surface area contributed by atoms with Gasteiger partial charge < -0.3 is 25.4 Å². The van der Waals surface area contributed by atoms with Gasteiger partial charge in [-0.15, -0.1) is 0 Å². The van der Waals surface area contributed by atoms with Crippen LogP contribution in [0.2, 0.25) is 5.02 Å². The molecule has 3 N–H and O–H groups in total. The van der Waals surface area contributed by atoms with Gasteiger partial charge in [0.15, 0.2) is 0 Å². The Kier molecular flexibility index (Phi) is 9.38. The van der Waals surface area contributed by atoms with Gasteiger partial charge in [-0.1, -0.05) is 53.7 Å². The van der Waals surface area contributed by atoms with E-state index in [4.69, 9.17) is 21.1 Å². The second-order valence-electron chi connectivity index (χ2n) is 8.69. The summed E-state index contributed by atoms with van der Waals surface area (Å²) in [5.74, 6) is -0.207. The zero-order valence-corrected chi connectivity index (χ0v) is 23.7. The number of amides is 2. The Balaban J connectivity index is 1.63. The Hall–Kier alpha value is -4.39. The van der Waals surface area contributed by atoms with E-state index in [2.05, 4.69) is 22.0 Å². The molecule has 0 spiro atoms. The second-order valence-corrected chi connectivity index (χ2v) is 10.1. The lowest BCUT2D eigenvalue weighted by atomic mass is 9.82. The lowest BCUT2D eigenvalue weighted by Crippen LogP contribution is -2.31. The van der Waals surface area contributed by atoms with E-state index in [0.29, 0.717) is 49.8 Å². The van der Waals surface area contributed by atoms with Gasteiger partial charge >= 0.3 is 0 Å². The molecule has 0 aromatic heterocycles. The first-order valence-corrected chi connectivity index (χ1v) is 13.6. The van der Waals surface area contributed by atoms with Crippen LogP contribution in [0.25, 0.3) is 0 Å². The summed E-state index contributed by atoms with van der Waals surface area (Å²) >= 11 is 7.76. The zero-order chi connectivity index (χ0) is 28.6. The van der Waals surface area contributed by atoms with E-state index in [1.54, 1.807) is 86.8 Å². The van der Waals surface area contributed by atoms with Crippen LogP contribution in [0.1, 0.15) is 18.4 Å². The number of rotatable bonds is 9. The summed E-state index contributed by atoms with van der Waals surface area (Å²) in [5, 5.41) is 20.1. The molecular formula is C30H27ClN4O4S. The number of hydrogen-bond acceptors (Lipinski definition) is 7. The molecule has 1 heterocycles. The van der Waals surface area contributed by atoms with Crippen molar-refractivity contribution in [3.63, 3.8) is 0 Å². The Morgan fingerprint density at radius 1 is 1.00 bits per heavy atom. The maximum Gasteiger partial charge on any atom is 0.254 e. The van der Waals surface area contributed by atoms with Crippen molar-refractivity contribution in [3.05, 3.63) is 105 Å². The maximum absolute atomic E-state index is 13.7. The topological polar surface area (TPSA) is 112 Å². The first-order valence-electron chi connectivity index (χ1n) is 12.2. The average Bonchev–Trinajstić information content (AvgIpc) is 2.96. The van der Waals surface area contributed by atoms with Crippen molar-refractivity contribution in [3.8, 4) is 17.6 Å². The van der Waals surface area contributed by atoms with Crippen molar-refractivity contribution >= 4 is 46.6 Å². The quantitative estimate of drug-likeness (QED) is 0.284. The Morgan fingerprint density at radius 2 is 1.70 bits per heavy atom. The van der Waals surface area contributed by atoms with Gasteiger partial charge in [0.2, 0.25) is 5.91 Å². The van der Waals surface area contributed by atoms with Crippen LogP contribution in [-0.4, -0.2) is 31.8 Å². The van der Waals surface area contributed by atoms with Gasteiger partial charge in [0.25, 0.3) is 5.91 Å². The molecule has 0 saturated carbocycles. The molecule has 1 unspecified atom stereocenters. The summed E-state index contributed by atoms with van der Waals surface area (Å²) < 4.78 is 10.5. The van der Waals surface area contributed by atoms with Gasteiger partial charge in [0.1, 0.15) is 11.5 Å². The van der Waals surface area contributed by atoms with Gasteiger partial charge in [-0.2, -0.15) is 5.26 Å². The highest BCUT2D eigenvalue weighted by atomic mass is 35.5. The van der Waals surface area contributed by atoms with Crippen LogP contribution < -0.4 is 25.4 Å². The van der Waals surface area contributed by atoms with Crippen LogP contribution >= 0.6 is 23.4 Å². The summed E-state index contributed by atoms with van der Waals surface area (Å²) in [6.45, 7) is 1.76. The Morgan fingerprint density at radius 3 is 2.38 bits per heavy atom. The molecule has 2 amide bonds. The van der Waals surface area contributed by atoms with E-state index in [1.165, 1.54) is 18.9 Å². The molecule has 3 aromatic carbocycles. The molecule has 0 radical (unpaired) electrons. The fourth-order valence-corrected chi connectivity index (χ4v) is 5.43. The van der Waals surface area contributed by atoms with Crippen molar-refractivity contribution in [1.29, 1.82) is 5.26 Å². The zero-order valence-electron chi connectivity index (χ0n) is 22.1. The van der Waals surface area contributed by atoms with Gasteiger partial charge in [0, 0.05) is 22.0 Å². The molecule has 4 rings (SSSR count). The summed E-state index contributed by atoms with van der Waals surface area (Å²) in [6.07, 6.45) is 0. The average molecular weight is 575 g/mol. The lowest BCUT2D eigenvalue weighted by Gasteiger charge is -2.30. The number of ether oxygens (including phenoxy) is 2. The number of thioether (sulfide) groups is 1. The number of allylic oxidation sites excluding steroid dienone is 2. The molecule has 1 aliphatic heterocycles. The van der Waals surface area contributed by atoms with Crippen molar-refractivity contribution < 1.29 is 19.1 Å². The number of dihydropyridines is 1. The number of benzene rings is 3. The molecule has 40 heavy (non-hydrogen) atoms. The normalized spacial score (nSPS) is 14.6. The number of halogens is 1. The fraction of sp³-hybridized carbons (Fsp3) is 0.167. The molecule has 204 valence electrons. The van der Waals surface area contributed by atoms with Crippen LogP contribution in [-0.2, 0) is 9.59 Å². The number of para-hydroxylation sites is 2. The molecule has 1 aliphatic rings. The van der Waals surface area contributed by atoms with Crippen molar-refractivity contribution in [1.82, 2.24) is 5.32 Å². The highest BCUT2D eigenvalue weighted by Crippen LogP contribution is 2.43. The van der Waals surface area contributed by atoms with Crippen molar-refractivity contribution in [2.75, 3.05) is 30.6 Å². The number of nitrogens with one attached hydrogen (secondary N) is 3. The van der Waals surface area contributed by atoms with Gasteiger partial charge in [-0.25, -0.2) is 0 Å². The van der Waals surface area contributed by atoms with E-state index < -0.39 is 11.8 Å². The number of hydrogen-bond donors (Lipinski definition) is 3.